The van der Waals surface area contributed by atoms with Gasteiger partial charge in [0.1, 0.15) is 0 Å². The van der Waals surface area contributed by atoms with Crippen molar-refractivity contribution in [2.24, 2.45) is 0 Å². The lowest BCUT2D eigenvalue weighted by Crippen LogP contribution is -1.99. The monoisotopic (exact) mass is 213 g/mol. The molecular weight excluding hydrogens is 202 g/mol. The molecule has 0 bridgehead atoms. The zero-order chi connectivity index (χ0) is 10.7. The summed E-state index contributed by atoms with van der Waals surface area (Å²) >= 11 is 1.09. The molecule has 1 N–H and O–H groups in total. The number of aliphatic hydroxyl groups excluding tert-OH is 1. The van der Waals surface area contributed by atoms with Crippen LogP contribution in [0.1, 0.15) is 19.4 Å². The van der Waals surface area contributed by atoms with Gasteiger partial charge in [-0.1, -0.05) is 17.4 Å². The fourth-order valence-corrected chi connectivity index (χ4v) is 1.58. The number of rotatable bonds is 3. The maximum atomic E-state index is 10.4. The lowest BCUT2D eigenvalue weighted by molar-refractivity contribution is -0.380. The maximum Gasteiger partial charge on any atom is 0.324 e. The van der Waals surface area contributed by atoms with E-state index in [9.17, 15) is 15.2 Å². The summed E-state index contributed by atoms with van der Waals surface area (Å²) in [7, 11) is 0. The third kappa shape index (κ3) is 2.65. The van der Waals surface area contributed by atoms with Gasteiger partial charge < -0.3 is 5.11 Å². The summed E-state index contributed by atoms with van der Waals surface area (Å²) in [6.45, 7) is 3.45. The summed E-state index contributed by atoms with van der Waals surface area (Å²) in [6, 6.07) is 1.50. The Labute approximate surface area is 85.7 Å². The molecule has 0 saturated heterocycles. The van der Waals surface area contributed by atoms with E-state index >= 15 is 0 Å². The van der Waals surface area contributed by atoms with E-state index in [-0.39, 0.29) is 5.00 Å². The molecule has 0 amide bonds. The minimum Gasteiger partial charge on any atom is -0.389 e. The number of thiophene rings is 1. The van der Waals surface area contributed by atoms with Crippen LogP contribution in [0.25, 0.3) is 6.08 Å². The summed E-state index contributed by atoms with van der Waals surface area (Å²) in [5.41, 5.74) is 1.55. The highest BCUT2D eigenvalue weighted by molar-refractivity contribution is 7.13. The Bertz CT molecular complexity index is 368. The van der Waals surface area contributed by atoms with Gasteiger partial charge in [-0.15, -0.1) is 0 Å². The number of hydrogen-bond donors (Lipinski definition) is 1. The predicted molar refractivity (Wildman–Crippen MR) is 56.3 cm³/mol. The first-order chi connectivity index (χ1) is 6.50. The Morgan fingerprint density at radius 3 is 2.86 bits per heavy atom. The van der Waals surface area contributed by atoms with Crippen LogP contribution < -0.4 is 0 Å². The van der Waals surface area contributed by atoms with Crippen molar-refractivity contribution < 1.29 is 10.0 Å². The van der Waals surface area contributed by atoms with Crippen LogP contribution in [0.5, 0.6) is 0 Å². The minimum atomic E-state index is -0.519. The van der Waals surface area contributed by atoms with E-state index in [1.807, 2.05) is 0 Å². The second kappa shape index (κ2) is 4.34. The van der Waals surface area contributed by atoms with Crippen LogP contribution in [0.15, 0.2) is 17.0 Å². The molecule has 1 unspecified atom stereocenters. The summed E-state index contributed by atoms with van der Waals surface area (Å²) in [6.07, 6.45) is 1.22. The van der Waals surface area contributed by atoms with E-state index in [1.54, 1.807) is 25.3 Å². The van der Waals surface area contributed by atoms with Gasteiger partial charge >= 0.3 is 5.00 Å². The van der Waals surface area contributed by atoms with Crippen LogP contribution in [0.4, 0.5) is 5.00 Å². The molecule has 1 heterocycles. The third-order valence-corrected chi connectivity index (χ3v) is 2.74. The molecule has 0 aliphatic rings. The van der Waals surface area contributed by atoms with Crippen LogP contribution in [-0.2, 0) is 0 Å². The van der Waals surface area contributed by atoms with Crippen LogP contribution in [-0.4, -0.2) is 16.1 Å². The van der Waals surface area contributed by atoms with Gasteiger partial charge in [0.15, 0.2) is 0 Å². The van der Waals surface area contributed by atoms with Gasteiger partial charge in [0.2, 0.25) is 0 Å². The van der Waals surface area contributed by atoms with Crippen LogP contribution in [0.3, 0.4) is 0 Å². The zero-order valence-electron chi connectivity index (χ0n) is 7.93. The zero-order valence-corrected chi connectivity index (χ0v) is 8.75. The van der Waals surface area contributed by atoms with E-state index in [2.05, 4.69) is 0 Å². The van der Waals surface area contributed by atoms with Gasteiger partial charge in [-0.2, -0.15) is 0 Å². The van der Waals surface area contributed by atoms with E-state index in [1.165, 1.54) is 6.07 Å². The number of nitrogens with zero attached hydrogens (tertiary/aromatic N) is 1. The highest BCUT2D eigenvalue weighted by atomic mass is 32.1. The Hall–Kier alpha value is -1.20. The summed E-state index contributed by atoms with van der Waals surface area (Å²) in [5, 5.41) is 21.4. The quantitative estimate of drug-likeness (QED) is 0.619. The Morgan fingerprint density at radius 1 is 1.79 bits per heavy atom. The van der Waals surface area contributed by atoms with Crippen molar-refractivity contribution in [1.82, 2.24) is 0 Å². The van der Waals surface area contributed by atoms with Gasteiger partial charge in [0.05, 0.1) is 11.0 Å². The second-order valence-corrected chi connectivity index (χ2v) is 3.93. The van der Waals surface area contributed by atoms with Crippen molar-refractivity contribution in [2.45, 2.75) is 20.0 Å². The van der Waals surface area contributed by atoms with Gasteiger partial charge in [-0.3, -0.25) is 10.1 Å². The average molecular weight is 213 g/mol. The number of nitro groups is 1. The first-order valence-electron chi connectivity index (χ1n) is 4.10. The summed E-state index contributed by atoms with van der Waals surface area (Å²) in [5.74, 6) is 0. The fraction of sp³-hybridized carbons (Fsp3) is 0.333. The molecule has 0 radical (unpaired) electrons. The van der Waals surface area contributed by atoms with Gasteiger partial charge in [0, 0.05) is 11.4 Å². The first kappa shape index (κ1) is 10.9. The SMILES string of the molecule is CC(=Cc1csc([N+](=O)[O-])c1)C(C)O. The van der Waals surface area contributed by atoms with Crippen molar-refractivity contribution in [3.05, 3.63) is 32.7 Å². The average Bonchev–Trinajstić information content (AvgIpc) is 2.52. The predicted octanol–water partition coefficient (Wildman–Crippen LogP) is 2.44. The third-order valence-electron chi connectivity index (χ3n) is 1.84. The van der Waals surface area contributed by atoms with Crippen LogP contribution in [0.2, 0.25) is 0 Å². The van der Waals surface area contributed by atoms with Gasteiger partial charge in [-0.05, 0) is 25.0 Å². The molecule has 1 aromatic heterocycles. The van der Waals surface area contributed by atoms with E-state index in [0.29, 0.717) is 0 Å². The molecule has 0 aromatic carbocycles. The topological polar surface area (TPSA) is 63.4 Å². The molecular formula is C9H11NO3S. The van der Waals surface area contributed by atoms with Gasteiger partial charge in [-0.25, -0.2) is 0 Å². The Balaban J connectivity index is 2.88. The fourth-order valence-electron chi connectivity index (χ4n) is 0.894. The van der Waals surface area contributed by atoms with E-state index < -0.39 is 11.0 Å². The maximum absolute atomic E-state index is 10.4. The summed E-state index contributed by atoms with van der Waals surface area (Å²) in [4.78, 5) is 9.96. The lowest BCUT2D eigenvalue weighted by Gasteiger charge is -2.01. The van der Waals surface area contributed by atoms with Crippen molar-refractivity contribution in [1.29, 1.82) is 0 Å². The van der Waals surface area contributed by atoms with E-state index in [4.69, 9.17) is 0 Å². The van der Waals surface area contributed by atoms with Crippen molar-refractivity contribution in [3.8, 4) is 0 Å². The molecule has 0 saturated carbocycles. The Morgan fingerprint density at radius 2 is 2.43 bits per heavy atom. The molecule has 0 fully saturated rings. The molecule has 14 heavy (non-hydrogen) atoms. The minimum absolute atomic E-state index is 0.120. The largest absolute Gasteiger partial charge is 0.389 e. The highest BCUT2D eigenvalue weighted by Crippen LogP contribution is 2.24. The lowest BCUT2D eigenvalue weighted by atomic mass is 10.1. The first-order valence-corrected chi connectivity index (χ1v) is 4.98. The van der Waals surface area contributed by atoms with E-state index in [0.717, 1.165) is 22.5 Å². The molecule has 0 aliphatic carbocycles. The molecule has 0 spiro atoms. The molecule has 4 nitrogen and oxygen atoms in total. The smallest absolute Gasteiger partial charge is 0.324 e. The van der Waals surface area contributed by atoms with Crippen molar-refractivity contribution >= 4 is 22.4 Å². The number of aliphatic hydroxyl groups is 1. The van der Waals surface area contributed by atoms with Crippen LogP contribution >= 0.6 is 11.3 Å². The molecule has 0 aliphatic heterocycles. The molecule has 76 valence electrons. The number of hydrogen-bond acceptors (Lipinski definition) is 4. The van der Waals surface area contributed by atoms with Gasteiger partial charge in [0.25, 0.3) is 0 Å². The molecule has 1 rings (SSSR count). The summed E-state index contributed by atoms with van der Waals surface area (Å²) < 4.78 is 0. The van der Waals surface area contributed by atoms with Crippen molar-refractivity contribution in [3.63, 3.8) is 0 Å². The highest BCUT2D eigenvalue weighted by Gasteiger charge is 2.08. The van der Waals surface area contributed by atoms with Crippen molar-refractivity contribution in [2.75, 3.05) is 0 Å². The molecule has 1 aromatic rings. The van der Waals surface area contributed by atoms with Crippen LogP contribution in [0, 0.1) is 10.1 Å². The molecule has 1 atom stereocenters. The Kier molecular flexibility index (Phi) is 3.38. The standard InChI is InChI=1S/C9H11NO3S/c1-6(7(2)11)3-8-4-9(10(12)13)14-5-8/h3-5,7,11H,1-2H3. The second-order valence-electron chi connectivity index (χ2n) is 3.04. The normalized spacial score (nSPS) is 14.1. The molecule has 5 heteroatoms.